The fourth-order valence-electron chi connectivity index (χ4n) is 1.79. The van der Waals surface area contributed by atoms with Crippen molar-refractivity contribution in [2.24, 2.45) is 0 Å². The molecule has 0 aliphatic carbocycles. The van der Waals surface area contributed by atoms with Crippen LogP contribution in [0.4, 0.5) is 0 Å². The van der Waals surface area contributed by atoms with Crippen LogP contribution in [0.3, 0.4) is 0 Å². The standard InChI is InChI=1S/C10H18O4.C9H10O/c1-7(11)13-9(3,4)10(5,6)14-8(2)12;1-2-9(10)8-6-4-3-5-7-8/h1-6H3;3-7H,2H2,1H3. The number of esters is 2. The Morgan fingerprint density at radius 2 is 1.21 bits per heavy atom. The van der Waals surface area contributed by atoms with Crippen LogP contribution in [0.5, 0.6) is 0 Å². The average Bonchev–Trinajstić information content (AvgIpc) is 2.45. The van der Waals surface area contributed by atoms with Crippen LogP contribution in [-0.4, -0.2) is 28.9 Å². The van der Waals surface area contributed by atoms with E-state index in [1.165, 1.54) is 13.8 Å². The van der Waals surface area contributed by atoms with Gasteiger partial charge in [-0.15, -0.1) is 0 Å². The molecule has 0 radical (unpaired) electrons. The van der Waals surface area contributed by atoms with Crippen molar-refractivity contribution in [1.82, 2.24) is 0 Å². The third-order valence-corrected chi connectivity index (χ3v) is 3.66. The fourth-order valence-corrected chi connectivity index (χ4v) is 1.79. The number of ketones is 1. The molecule has 0 saturated carbocycles. The second-order valence-corrected chi connectivity index (χ2v) is 6.35. The van der Waals surface area contributed by atoms with E-state index in [0.29, 0.717) is 6.42 Å². The first-order valence-corrected chi connectivity index (χ1v) is 7.90. The minimum Gasteiger partial charge on any atom is -0.456 e. The molecule has 5 heteroatoms. The maximum Gasteiger partial charge on any atom is 0.303 e. The van der Waals surface area contributed by atoms with Crippen LogP contribution in [0.1, 0.15) is 65.2 Å². The van der Waals surface area contributed by atoms with Gasteiger partial charge in [-0.25, -0.2) is 0 Å². The summed E-state index contributed by atoms with van der Waals surface area (Å²) in [7, 11) is 0. The molecular weight excluding hydrogens is 308 g/mol. The van der Waals surface area contributed by atoms with Crippen molar-refractivity contribution in [2.45, 2.75) is 66.1 Å². The van der Waals surface area contributed by atoms with Gasteiger partial charge in [-0.3, -0.25) is 14.4 Å². The summed E-state index contributed by atoms with van der Waals surface area (Å²) >= 11 is 0. The van der Waals surface area contributed by atoms with Gasteiger partial charge in [0.05, 0.1) is 0 Å². The van der Waals surface area contributed by atoms with E-state index >= 15 is 0 Å². The number of carbonyl (C=O) groups excluding carboxylic acids is 3. The van der Waals surface area contributed by atoms with Gasteiger partial charge in [0.15, 0.2) is 5.78 Å². The maximum absolute atomic E-state index is 11.0. The van der Waals surface area contributed by atoms with E-state index in [1.807, 2.05) is 37.3 Å². The molecule has 0 amide bonds. The lowest BCUT2D eigenvalue weighted by Gasteiger charge is -2.39. The van der Waals surface area contributed by atoms with E-state index < -0.39 is 23.1 Å². The number of hydrogen-bond donors (Lipinski definition) is 0. The van der Waals surface area contributed by atoms with Crippen LogP contribution in [-0.2, 0) is 19.1 Å². The third-order valence-electron chi connectivity index (χ3n) is 3.66. The van der Waals surface area contributed by atoms with Crippen molar-refractivity contribution in [3.05, 3.63) is 35.9 Å². The van der Waals surface area contributed by atoms with Gasteiger partial charge in [0.1, 0.15) is 11.2 Å². The molecule has 0 aromatic heterocycles. The first kappa shape index (κ1) is 21.8. The van der Waals surface area contributed by atoms with Crippen molar-refractivity contribution in [3.8, 4) is 0 Å². The number of ether oxygens (including phenoxy) is 2. The molecule has 1 aromatic rings. The molecule has 0 N–H and O–H groups in total. The average molecular weight is 336 g/mol. The second kappa shape index (κ2) is 9.21. The summed E-state index contributed by atoms with van der Waals surface area (Å²) in [4.78, 5) is 32.7. The second-order valence-electron chi connectivity index (χ2n) is 6.35. The predicted octanol–water partition coefficient (Wildman–Crippen LogP) is 3.95. The molecule has 24 heavy (non-hydrogen) atoms. The Kier molecular flexibility index (Phi) is 8.37. The van der Waals surface area contributed by atoms with Gasteiger partial charge in [0.2, 0.25) is 0 Å². The zero-order valence-electron chi connectivity index (χ0n) is 15.6. The number of Topliss-reactive ketones (excluding diaryl/α,β-unsaturated/α-hetero) is 1. The van der Waals surface area contributed by atoms with Gasteiger partial charge < -0.3 is 9.47 Å². The molecular formula is C19H28O5. The van der Waals surface area contributed by atoms with Crippen LogP contribution in [0.15, 0.2) is 30.3 Å². The summed E-state index contributed by atoms with van der Waals surface area (Å²) in [6.07, 6.45) is 0.587. The Labute approximate surface area is 144 Å². The first-order valence-electron chi connectivity index (χ1n) is 7.90. The van der Waals surface area contributed by atoms with Gasteiger partial charge in [-0.2, -0.15) is 0 Å². The first-order chi connectivity index (χ1) is 10.9. The molecule has 0 fully saturated rings. The quantitative estimate of drug-likeness (QED) is 0.601. The van der Waals surface area contributed by atoms with Crippen molar-refractivity contribution in [1.29, 1.82) is 0 Å². The monoisotopic (exact) mass is 336 g/mol. The Hall–Kier alpha value is -2.17. The maximum atomic E-state index is 11.0. The minimum absolute atomic E-state index is 0.209. The predicted molar refractivity (Wildman–Crippen MR) is 92.8 cm³/mol. The van der Waals surface area contributed by atoms with Crippen molar-refractivity contribution in [2.75, 3.05) is 0 Å². The van der Waals surface area contributed by atoms with Gasteiger partial charge in [-0.1, -0.05) is 37.3 Å². The summed E-state index contributed by atoms with van der Waals surface area (Å²) in [5, 5.41) is 0. The lowest BCUT2D eigenvalue weighted by atomic mass is 9.89. The van der Waals surface area contributed by atoms with E-state index in [0.717, 1.165) is 5.56 Å². The molecule has 134 valence electrons. The summed E-state index contributed by atoms with van der Waals surface area (Å²) in [5.74, 6) is -0.578. The normalized spacial score (nSPS) is 11.0. The number of carbonyl (C=O) groups is 3. The fraction of sp³-hybridized carbons (Fsp3) is 0.526. The smallest absolute Gasteiger partial charge is 0.303 e. The number of rotatable bonds is 5. The molecule has 0 unspecified atom stereocenters. The van der Waals surface area contributed by atoms with Crippen LogP contribution in [0.25, 0.3) is 0 Å². The van der Waals surface area contributed by atoms with E-state index in [-0.39, 0.29) is 5.78 Å². The highest BCUT2D eigenvalue weighted by Gasteiger charge is 2.42. The highest BCUT2D eigenvalue weighted by atomic mass is 16.6. The minimum atomic E-state index is -0.843. The molecule has 0 aliphatic heterocycles. The van der Waals surface area contributed by atoms with E-state index in [9.17, 15) is 14.4 Å². The Bertz CT molecular complexity index is 532. The Balaban J connectivity index is 0.000000463. The van der Waals surface area contributed by atoms with E-state index in [1.54, 1.807) is 27.7 Å². The zero-order valence-corrected chi connectivity index (χ0v) is 15.6. The van der Waals surface area contributed by atoms with Crippen LogP contribution >= 0.6 is 0 Å². The molecule has 0 saturated heterocycles. The lowest BCUT2D eigenvalue weighted by molar-refractivity contribution is -0.196. The molecule has 0 bridgehead atoms. The van der Waals surface area contributed by atoms with E-state index in [2.05, 4.69) is 0 Å². The van der Waals surface area contributed by atoms with Crippen molar-refractivity contribution < 1.29 is 23.9 Å². The molecule has 0 heterocycles. The van der Waals surface area contributed by atoms with Crippen molar-refractivity contribution in [3.63, 3.8) is 0 Å². The SMILES string of the molecule is CC(=O)OC(C)(C)C(C)(C)OC(C)=O.CCC(=O)c1ccccc1. The summed E-state index contributed by atoms with van der Waals surface area (Å²) in [6.45, 7) is 11.3. The lowest BCUT2D eigenvalue weighted by Crippen LogP contribution is -2.51. The Morgan fingerprint density at radius 1 is 0.833 bits per heavy atom. The summed E-state index contributed by atoms with van der Waals surface area (Å²) in [6, 6.07) is 9.34. The third kappa shape index (κ3) is 7.40. The van der Waals surface area contributed by atoms with Gasteiger partial charge in [0, 0.05) is 25.8 Å². The van der Waals surface area contributed by atoms with Crippen LogP contribution < -0.4 is 0 Å². The van der Waals surface area contributed by atoms with Gasteiger partial charge in [-0.05, 0) is 27.7 Å². The van der Waals surface area contributed by atoms with Gasteiger partial charge >= 0.3 is 11.9 Å². The molecule has 0 atom stereocenters. The Morgan fingerprint density at radius 3 is 1.50 bits per heavy atom. The highest BCUT2D eigenvalue weighted by Crippen LogP contribution is 2.29. The molecule has 0 spiro atoms. The van der Waals surface area contributed by atoms with Gasteiger partial charge in [0.25, 0.3) is 0 Å². The van der Waals surface area contributed by atoms with Crippen LogP contribution in [0, 0.1) is 0 Å². The largest absolute Gasteiger partial charge is 0.456 e. The number of benzene rings is 1. The summed E-state index contributed by atoms with van der Waals surface area (Å²) in [5.41, 5.74) is -0.875. The van der Waals surface area contributed by atoms with E-state index in [4.69, 9.17) is 9.47 Å². The molecule has 0 aliphatic rings. The highest BCUT2D eigenvalue weighted by molar-refractivity contribution is 5.95. The molecule has 1 rings (SSSR count). The number of hydrogen-bond acceptors (Lipinski definition) is 5. The van der Waals surface area contributed by atoms with Crippen LogP contribution in [0.2, 0.25) is 0 Å². The van der Waals surface area contributed by atoms with Crippen molar-refractivity contribution >= 4 is 17.7 Å². The molecule has 5 nitrogen and oxygen atoms in total. The summed E-state index contributed by atoms with van der Waals surface area (Å²) < 4.78 is 10.2. The molecule has 1 aromatic carbocycles. The zero-order chi connectivity index (χ0) is 19.0. The topological polar surface area (TPSA) is 69.7 Å².